The van der Waals surface area contributed by atoms with Crippen LogP contribution < -0.4 is 5.73 Å². The van der Waals surface area contributed by atoms with Gasteiger partial charge in [-0.15, -0.1) is 11.3 Å². The molecule has 0 radical (unpaired) electrons. The van der Waals surface area contributed by atoms with Crippen molar-refractivity contribution in [2.75, 3.05) is 0 Å². The van der Waals surface area contributed by atoms with Crippen molar-refractivity contribution in [1.29, 1.82) is 0 Å². The minimum Gasteiger partial charge on any atom is -0.324 e. The Morgan fingerprint density at radius 3 is 2.65 bits per heavy atom. The van der Waals surface area contributed by atoms with Gasteiger partial charge in [-0.05, 0) is 56.2 Å². The maximum absolute atomic E-state index is 6.39. The normalized spacial score (nSPS) is 15.9. The fraction of sp³-hybridized carbons (Fsp3) is 0.471. The van der Waals surface area contributed by atoms with Gasteiger partial charge in [0.25, 0.3) is 0 Å². The van der Waals surface area contributed by atoms with Gasteiger partial charge in [-0.1, -0.05) is 18.2 Å². The Morgan fingerprint density at radius 2 is 1.95 bits per heavy atom. The third-order valence-electron chi connectivity index (χ3n) is 4.27. The molecule has 3 heteroatoms. The second kappa shape index (κ2) is 5.66. The van der Waals surface area contributed by atoms with Crippen LogP contribution >= 0.6 is 11.3 Å². The van der Waals surface area contributed by atoms with Crippen molar-refractivity contribution in [3.05, 3.63) is 50.5 Å². The molecule has 0 fully saturated rings. The Bertz CT molecular complexity index is 596. The molecule has 0 aliphatic heterocycles. The summed E-state index contributed by atoms with van der Waals surface area (Å²) in [7, 11) is 0. The standard InChI is InChI=1S/C17H22N2S/c1-11-12(2)20-17(19-11)10-16(18)15-8-7-13-5-3-4-6-14(13)9-15/h7-9,16H,3-6,10,18H2,1-2H3. The van der Waals surface area contributed by atoms with Gasteiger partial charge in [0.15, 0.2) is 0 Å². The molecule has 0 bridgehead atoms. The molecule has 2 N–H and O–H groups in total. The van der Waals surface area contributed by atoms with Crippen molar-refractivity contribution in [3.63, 3.8) is 0 Å². The van der Waals surface area contributed by atoms with Crippen LogP contribution in [-0.2, 0) is 19.3 Å². The molecule has 0 saturated heterocycles. The summed E-state index contributed by atoms with van der Waals surface area (Å²) in [5, 5.41) is 1.16. The average Bonchev–Trinajstić information content (AvgIpc) is 2.76. The van der Waals surface area contributed by atoms with Gasteiger partial charge in [0.1, 0.15) is 0 Å². The lowest BCUT2D eigenvalue weighted by atomic mass is 9.89. The number of nitrogens with two attached hydrogens (primary N) is 1. The van der Waals surface area contributed by atoms with Gasteiger partial charge < -0.3 is 5.73 Å². The van der Waals surface area contributed by atoms with Crippen molar-refractivity contribution in [1.82, 2.24) is 4.98 Å². The van der Waals surface area contributed by atoms with E-state index in [1.807, 2.05) is 0 Å². The van der Waals surface area contributed by atoms with Crippen molar-refractivity contribution >= 4 is 11.3 Å². The number of thiazole rings is 1. The molecule has 2 nitrogen and oxygen atoms in total. The minimum atomic E-state index is 0.0622. The zero-order valence-corrected chi connectivity index (χ0v) is 13.1. The minimum absolute atomic E-state index is 0.0622. The molecule has 1 unspecified atom stereocenters. The lowest BCUT2D eigenvalue weighted by molar-refractivity contribution is 0.674. The largest absolute Gasteiger partial charge is 0.324 e. The van der Waals surface area contributed by atoms with E-state index in [1.165, 1.54) is 47.3 Å². The molecule has 1 aliphatic rings. The van der Waals surface area contributed by atoms with E-state index in [1.54, 1.807) is 11.3 Å². The predicted molar refractivity (Wildman–Crippen MR) is 85.3 cm³/mol. The van der Waals surface area contributed by atoms with Crippen LogP contribution in [0.2, 0.25) is 0 Å². The fourth-order valence-corrected chi connectivity index (χ4v) is 3.91. The van der Waals surface area contributed by atoms with Crippen LogP contribution in [0.15, 0.2) is 18.2 Å². The van der Waals surface area contributed by atoms with Crippen LogP contribution in [-0.4, -0.2) is 4.98 Å². The number of hydrogen-bond acceptors (Lipinski definition) is 3. The quantitative estimate of drug-likeness (QED) is 0.930. The number of aryl methyl sites for hydroxylation is 4. The third kappa shape index (κ3) is 2.79. The second-order valence-electron chi connectivity index (χ2n) is 5.80. The lowest BCUT2D eigenvalue weighted by Crippen LogP contribution is -2.14. The van der Waals surface area contributed by atoms with E-state index >= 15 is 0 Å². The topological polar surface area (TPSA) is 38.9 Å². The highest BCUT2D eigenvalue weighted by Gasteiger charge is 2.14. The SMILES string of the molecule is Cc1nc(CC(N)c2ccc3c(c2)CCCC3)sc1C. The molecular weight excluding hydrogens is 264 g/mol. The van der Waals surface area contributed by atoms with Crippen LogP contribution in [0.25, 0.3) is 0 Å². The Hall–Kier alpha value is -1.19. The van der Waals surface area contributed by atoms with Gasteiger partial charge in [-0.3, -0.25) is 0 Å². The number of hydrogen-bond donors (Lipinski definition) is 1. The molecule has 2 aromatic rings. The van der Waals surface area contributed by atoms with E-state index in [4.69, 9.17) is 5.73 Å². The van der Waals surface area contributed by atoms with Gasteiger partial charge >= 0.3 is 0 Å². The number of nitrogens with zero attached hydrogens (tertiary/aromatic N) is 1. The molecule has 1 heterocycles. The lowest BCUT2D eigenvalue weighted by Gasteiger charge is -2.18. The average molecular weight is 286 g/mol. The number of aromatic nitrogens is 1. The molecular formula is C17H22N2S. The van der Waals surface area contributed by atoms with E-state index in [0.717, 1.165) is 17.1 Å². The van der Waals surface area contributed by atoms with Crippen LogP contribution in [0.3, 0.4) is 0 Å². The van der Waals surface area contributed by atoms with Gasteiger partial charge in [0.2, 0.25) is 0 Å². The summed E-state index contributed by atoms with van der Waals surface area (Å²) in [6.45, 7) is 4.20. The number of rotatable bonds is 3. The fourth-order valence-electron chi connectivity index (χ4n) is 2.92. The first-order valence-corrected chi connectivity index (χ1v) is 8.25. The smallest absolute Gasteiger partial charge is 0.0949 e. The predicted octanol–water partition coefficient (Wildman–Crippen LogP) is 3.88. The van der Waals surface area contributed by atoms with Gasteiger partial charge in [0.05, 0.1) is 10.7 Å². The molecule has 20 heavy (non-hydrogen) atoms. The van der Waals surface area contributed by atoms with Gasteiger partial charge in [-0.2, -0.15) is 0 Å². The van der Waals surface area contributed by atoms with E-state index in [2.05, 4.69) is 37.0 Å². The highest BCUT2D eigenvalue weighted by molar-refractivity contribution is 7.11. The van der Waals surface area contributed by atoms with Crippen LogP contribution in [0, 0.1) is 13.8 Å². The Kier molecular flexibility index (Phi) is 3.90. The Labute approximate surface area is 125 Å². The van der Waals surface area contributed by atoms with Crippen LogP contribution in [0.4, 0.5) is 0 Å². The summed E-state index contributed by atoms with van der Waals surface area (Å²) in [5.74, 6) is 0. The summed E-state index contributed by atoms with van der Waals surface area (Å²) in [6.07, 6.45) is 5.94. The van der Waals surface area contributed by atoms with E-state index in [-0.39, 0.29) is 6.04 Å². The van der Waals surface area contributed by atoms with E-state index < -0.39 is 0 Å². The maximum Gasteiger partial charge on any atom is 0.0949 e. The van der Waals surface area contributed by atoms with Crippen molar-refractivity contribution in [2.24, 2.45) is 5.73 Å². The molecule has 1 atom stereocenters. The first-order chi connectivity index (χ1) is 9.63. The first-order valence-electron chi connectivity index (χ1n) is 7.43. The summed E-state index contributed by atoms with van der Waals surface area (Å²) >= 11 is 1.78. The van der Waals surface area contributed by atoms with Gasteiger partial charge in [0, 0.05) is 17.3 Å². The van der Waals surface area contributed by atoms with E-state index in [0.29, 0.717) is 0 Å². The highest BCUT2D eigenvalue weighted by Crippen LogP contribution is 2.26. The molecule has 0 saturated carbocycles. The zero-order valence-electron chi connectivity index (χ0n) is 12.3. The highest BCUT2D eigenvalue weighted by atomic mass is 32.1. The van der Waals surface area contributed by atoms with Crippen molar-refractivity contribution in [3.8, 4) is 0 Å². The molecule has 1 aliphatic carbocycles. The van der Waals surface area contributed by atoms with Crippen molar-refractivity contribution < 1.29 is 0 Å². The number of fused-ring (bicyclic) bond motifs is 1. The molecule has 1 aromatic heterocycles. The van der Waals surface area contributed by atoms with Crippen LogP contribution in [0.1, 0.15) is 51.2 Å². The summed E-state index contributed by atoms with van der Waals surface area (Å²) in [5.41, 5.74) is 11.8. The Morgan fingerprint density at radius 1 is 1.20 bits per heavy atom. The molecule has 3 rings (SSSR count). The first kappa shape index (κ1) is 13.8. The number of benzene rings is 1. The summed E-state index contributed by atoms with van der Waals surface area (Å²) < 4.78 is 0. The molecule has 0 amide bonds. The van der Waals surface area contributed by atoms with E-state index in [9.17, 15) is 0 Å². The molecule has 1 aromatic carbocycles. The second-order valence-corrected chi connectivity index (χ2v) is 7.08. The molecule has 0 spiro atoms. The van der Waals surface area contributed by atoms with Crippen LogP contribution in [0.5, 0.6) is 0 Å². The summed E-state index contributed by atoms with van der Waals surface area (Å²) in [6, 6.07) is 6.88. The van der Waals surface area contributed by atoms with Gasteiger partial charge in [-0.25, -0.2) is 4.98 Å². The third-order valence-corrected chi connectivity index (χ3v) is 5.36. The zero-order chi connectivity index (χ0) is 14.1. The molecule has 106 valence electrons. The Balaban J connectivity index is 1.78. The summed E-state index contributed by atoms with van der Waals surface area (Å²) in [4.78, 5) is 5.91. The maximum atomic E-state index is 6.39. The van der Waals surface area contributed by atoms with Crippen molar-refractivity contribution in [2.45, 2.75) is 52.0 Å². The monoisotopic (exact) mass is 286 g/mol.